The van der Waals surface area contributed by atoms with Crippen LogP contribution in [0.3, 0.4) is 0 Å². The lowest BCUT2D eigenvalue weighted by Gasteiger charge is -2.22. The molecule has 1 fully saturated rings. The number of nitro groups is 1. The lowest BCUT2D eigenvalue weighted by molar-refractivity contribution is -0.384. The first kappa shape index (κ1) is 19.5. The minimum absolute atomic E-state index is 0.0311. The first-order valence-electron chi connectivity index (χ1n) is 7.23. The molecule has 1 heterocycles. The molecule has 1 aliphatic rings. The number of primary amides is 1. The maximum Gasteiger partial charge on any atom is 0.326 e. The maximum atomic E-state index is 12.6. The zero-order valence-corrected chi connectivity index (χ0v) is 14.8. The molecular formula is C15H13N3O6S2. The van der Waals surface area contributed by atoms with Gasteiger partial charge in [-0.25, -0.2) is 4.79 Å². The maximum absolute atomic E-state index is 12.6. The van der Waals surface area contributed by atoms with Crippen LogP contribution in [0.15, 0.2) is 29.2 Å². The van der Waals surface area contributed by atoms with Gasteiger partial charge in [-0.05, 0) is 18.1 Å². The number of hydrogen-bond acceptors (Lipinski definition) is 7. The molecule has 0 bridgehead atoms. The molecule has 1 aliphatic heterocycles. The van der Waals surface area contributed by atoms with Crippen molar-refractivity contribution in [1.29, 1.82) is 0 Å². The van der Waals surface area contributed by atoms with Crippen molar-refractivity contribution in [1.82, 2.24) is 4.90 Å². The van der Waals surface area contributed by atoms with Crippen LogP contribution in [-0.2, 0) is 14.4 Å². The summed E-state index contributed by atoms with van der Waals surface area (Å²) in [6.07, 6.45) is 1.03. The second-order valence-electron chi connectivity index (χ2n) is 5.26. The van der Waals surface area contributed by atoms with E-state index in [1.165, 1.54) is 24.3 Å². The van der Waals surface area contributed by atoms with Gasteiger partial charge in [0.15, 0.2) is 0 Å². The van der Waals surface area contributed by atoms with Gasteiger partial charge in [0.2, 0.25) is 5.91 Å². The van der Waals surface area contributed by atoms with Gasteiger partial charge < -0.3 is 10.8 Å². The van der Waals surface area contributed by atoms with E-state index >= 15 is 0 Å². The number of aliphatic carboxylic acids is 1. The Morgan fingerprint density at radius 2 is 2.15 bits per heavy atom. The number of carboxylic acid groups (broad SMARTS) is 1. The number of thiocarbonyl (C=S) groups is 1. The number of carbonyl (C=O) groups excluding carboxylic acids is 2. The quantitative estimate of drug-likeness (QED) is 0.306. The Labute approximate surface area is 157 Å². The molecule has 0 spiro atoms. The number of amides is 2. The molecule has 9 nitrogen and oxygen atoms in total. The van der Waals surface area contributed by atoms with Crippen molar-refractivity contribution in [2.45, 2.75) is 18.9 Å². The number of nitrogens with zero attached hydrogens (tertiary/aromatic N) is 2. The number of nitro benzene ring substituents is 1. The van der Waals surface area contributed by atoms with Gasteiger partial charge in [-0.3, -0.25) is 24.6 Å². The van der Waals surface area contributed by atoms with Crippen molar-refractivity contribution in [2.24, 2.45) is 5.73 Å². The lowest BCUT2D eigenvalue weighted by atomic mass is 10.1. The molecular weight excluding hydrogens is 382 g/mol. The van der Waals surface area contributed by atoms with E-state index in [-0.39, 0.29) is 27.8 Å². The van der Waals surface area contributed by atoms with Crippen molar-refractivity contribution in [3.05, 3.63) is 44.8 Å². The first-order chi connectivity index (χ1) is 12.2. The van der Waals surface area contributed by atoms with Gasteiger partial charge in [-0.1, -0.05) is 36.1 Å². The highest BCUT2D eigenvalue weighted by molar-refractivity contribution is 8.26. The van der Waals surface area contributed by atoms with Crippen LogP contribution in [-0.4, -0.2) is 43.1 Å². The fraction of sp³-hybridized carbons (Fsp3) is 0.200. The summed E-state index contributed by atoms with van der Waals surface area (Å²) in [4.78, 5) is 46.3. The molecule has 0 aliphatic carbocycles. The topological polar surface area (TPSA) is 144 Å². The SMILES string of the molecule is NC(=O)CCC(C(=O)O)N1C(=O)/C(=C/c2cccc([N+](=O)[O-])c2)SC1=S. The third kappa shape index (κ3) is 4.43. The number of carbonyl (C=O) groups is 3. The molecule has 3 N–H and O–H groups in total. The number of non-ortho nitro benzene ring substituents is 1. The van der Waals surface area contributed by atoms with Crippen LogP contribution in [0.4, 0.5) is 5.69 Å². The molecule has 1 atom stereocenters. The Balaban J connectivity index is 2.29. The molecule has 1 aromatic rings. The normalized spacial score (nSPS) is 16.8. The molecule has 136 valence electrons. The van der Waals surface area contributed by atoms with Crippen molar-refractivity contribution in [3.8, 4) is 0 Å². The highest BCUT2D eigenvalue weighted by atomic mass is 32.2. The Hall–Kier alpha value is -2.79. The molecule has 1 unspecified atom stereocenters. The number of nitrogens with two attached hydrogens (primary N) is 1. The van der Waals surface area contributed by atoms with Crippen LogP contribution >= 0.6 is 24.0 Å². The average molecular weight is 395 g/mol. The summed E-state index contributed by atoms with van der Waals surface area (Å²) >= 11 is 5.98. The Morgan fingerprint density at radius 3 is 2.73 bits per heavy atom. The largest absolute Gasteiger partial charge is 0.480 e. The predicted molar refractivity (Wildman–Crippen MR) is 98.0 cm³/mol. The van der Waals surface area contributed by atoms with Crippen LogP contribution in [0.25, 0.3) is 6.08 Å². The molecule has 11 heteroatoms. The summed E-state index contributed by atoms with van der Waals surface area (Å²) in [5.74, 6) is -2.63. The summed E-state index contributed by atoms with van der Waals surface area (Å²) in [6.45, 7) is 0. The van der Waals surface area contributed by atoms with Gasteiger partial charge in [-0.15, -0.1) is 0 Å². The fourth-order valence-electron chi connectivity index (χ4n) is 2.27. The summed E-state index contributed by atoms with van der Waals surface area (Å²) in [5.41, 5.74) is 5.30. The fourth-order valence-corrected chi connectivity index (χ4v) is 3.63. The van der Waals surface area contributed by atoms with E-state index < -0.39 is 28.7 Å². The lowest BCUT2D eigenvalue weighted by Crippen LogP contribution is -2.44. The highest BCUT2D eigenvalue weighted by Gasteiger charge is 2.40. The minimum atomic E-state index is -1.31. The second kappa shape index (κ2) is 8.06. The van der Waals surface area contributed by atoms with E-state index in [9.17, 15) is 29.6 Å². The number of carboxylic acids is 1. The number of benzene rings is 1. The molecule has 2 amide bonds. The van der Waals surface area contributed by atoms with Gasteiger partial charge in [0.05, 0.1) is 9.83 Å². The molecule has 0 radical (unpaired) electrons. The molecule has 0 saturated carbocycles. The van der Waals surface area contributed by atoms with Gasteiger partial charge in [0, 0.05) is 18.6 Å². The van der Waals surface area contributed by atoms with Crippen molar-refractivity contribution >= 4 is 57.8 Å². The molecule has 26 heavy (non-hydrogen) atoms. The summed E-state index contributed by atoms with van der Waals surface area (Å²) in [5, 5.41) is 20.2. The van der Waals surface area contributed by atoms with E-state index in [0.29, 0.717) is 5.56 Å². The standard InChI is InChI=1S/C15H13N3O6S2/c16-12(19)5-4-10(14(21)22)17-13(20)11(26-15(17)25)7-8-2-1-3-9(6-8)18(23)24/h1-3,6-7,10H,4-5H2,(H2,16,19)(H,21,22)/b11-7-. The van der Waals surface area contributed by atoms with Gasteiger partial charge in [-0.2, -0.15) is 0 Å². The Kier molecular flexibility index (Phi) is 6.05. The second-order valence-corrected chi connectivity index (χ2v) is 6.94. The van der Waals surface area contributed by atoms with Crippen LogP contribution in [0.5, 0.6) is 0 Å². The number of rotatable bonds is 7. The van der Waals surface area contributed by atoms with Crippen molar-refractivity contribution in [2.75, 3.05) is 0 Å². The third-order valence-electron chi connectivity index (χ3n) is 3.46. The monoisotopic (exact) mass is 395 g/mol. The van der Waals surface area contributed by atoms with Gasteiger partial charge in [0.25, 0.3) is 11.6 Å². The van der Waals surface area contributed by atoms with E-state index in [1.807, 2.05) is 0 Å². The van der Waals surface area contributed by atoms with Crippen molar-refractivity contribution < 1.29 is 24.4 Å². The van der Waals surface area contributed by atoms with Crippen LogP contribution < -0.4 is 5.73 Å². The Morgan fingerprint density at radius 1 is 1.46 bits per heavy atom. The molecule has 2 rings (SSSR count). The zero-order valence-electron chi connectivity index (χ0n) is 13.2. The number of thioether (sulfide) groups is 1. The number of hydrogen-bond donors (Lipinski definition) is 2. The van der Waals surface area contributed by atoms with Crippen LogP contribution in [0, 0.1) is 10.1 Å². The predicted octanol–water partition coefficient (Wildman–Crippen LogP) is 1.51. The summed E-state index contributed by atoms with van der Waals surface area (Å²) < 4.78 is 0.0311. The Bertz CT molecular complexity index is 838. The van der Waals surface area contributed by atoms with Gasteiger partial charge >= 0.3 is 5.97 Å². The third-order valence-corrected chi connectivity index (χ3v) is 4.79. The molecule has 0 aromatic heterocycles. The molecule has 1 aromatic carbocycles. The van der Waals surface area contributed by atoms with E-state index in [2.05, 4.69) is 0 Å². The van der Waals surface area contributed by atoms with E-state index in [1.54, 1.807) is 6.07 Å². The first-order valence-corrected chi connectivity index (χ1v) is 8.46. The smallest absolute Gasteiger partial charge is 0.326 e. The van der Waals surface area contributed by atoms with E-state index in [4.69, 9.17) is 18.0 Å². The van der Waals surface area contributed by atoms with Crippen LogP contribution in [0.2, 0.25) is 0 Å². The average Bonchev–Trinajstić information content (AvgIpc) is 2.82. The highest BCUT2D eigenvalue weighted by Crippen LogP contribution is 2.35. The summed E-state index contributed by atoms with van der Waals surface area (Å²) in [7, 11) is 0. The minimum Gasteiger partial charge on any atom is -0.480 e. The molecule has 1 saturated heterocycles. The summed E-state index contributed by atoms with van der Waals surface area (Å²) in [6, 6.07) is 4.33. The van der Waals surface area contributed by atoms with Crippen molar-refractivity contribution in [3.63, 3.8) is 0 Å². The van der Waals surface area contributed by atoms with E-state index in [0.717, 1.165) is 16.7 Å². The van der Waals surface area contributed by atoms with Gasteiger partial charge in [0.1, 0.15) is 10.4 Å². The van der Waals surface area contributed by atoms with Crippen LogP contribution in [0.1, 0.15) is 18.4 Å². The zero-order chi connectivity index (χ0) is 19.4.